The van der Waals surface area contributed by atoms with Crippen molar-refractivity contribution in [2.24, 2.45) is 5.73 Å². The Bertz CT molecular complexity index is 1630. The van der Waals surface area contributed by atoms with Crippen LogP contribution >= 0.6 is 0 Å². The van der Waals surface area contributed by atoms with Crippen LogP contribution in [-0.4, -0.2) is 73.0 Å². The quantitative estimate of drug-likeness (QED) is 0.255. The highest BCUT2D eigenvalue weighted by atomic mass is 19.4. The number of aryl methyl sites for hydroxylation is 1. The van der Waals surface area contributed by atoms with Crippen molar-refractivity contribution in [3.05, 3.63) is 59.8 Å². The molecule has 1 aliphatic rings. The lowest BCUT2D eigenvalue weighted by Gasteiger charge is -2.36. The molecular formula is C26H26F5N9O2. The summed E-state index contributed by atoms with van der Waals surface area (Å²) in [6.07, 6.45) is -2.45. The Morgan fingerprint density at radius 2 is 1.95 bits per heavy atom. The van der Waals surface area contributed by atoms with Gasteiger partial charge in [-0.2, -0.15) is 18.3 Å². The second kappa shape index (κ2) is 11.3. The molecule has 3 aromatic heterocycles. The van der Waals surface area contributed by atoms with Gasteiger partial charge in [0, 0.05) is 49.0 Å². The zero-order valence-electron chi connectivity index (χ0n) is 22.2. The molecule has 222 valence electrons. The van der Waals surface area contributed by atoms with Gasteiger partial charge in [-0.3, -0.25) is 18.7 Å². The number of carbonyl (C=O) groups is 2. The first kappa shape index (κ1) is 28.9. The van der Waals surface area contributed by atoms with Gasteiger partial charge in [0.15, 0.2) is 17.2 Å². The smallest absolute Gasteiger partial charge is 0.343 e. The van der Waals surface area contributed by atoms with Gasteiger partial charge in [0.1, 0.15) is 6.54 Å². The van der Waals surface area contributed by atoms with Crippen molar-refractivity contribution in [3.63, 3.8) is 0 Å². The normalized spacial score (nSPS) is 14.0. The first-order valence-electron chi connectivity index (χ1n) is 12.9. The summed E-state index contributed by atoms with van der Waals surface area (Å²) in [5, 5.41) is 9.04. The molecule has 0 spiro atoms. The molecule has 2 amide bonds. The molecule has 0 saturated carbocycles. The Morgan fingerprint density at radius 3 is 2.62 bits per heavy atom. The number of carbonyl (C=O) groups excluding carboxylic acids is 2. The molecule has 11 nitrogen and oxygen atoms in total. The highest BCUT2D eigenvalue weighted by Crippen LogP contribution is 2.37. The highest BCUT2D eigenvalue weighted by Gasteiger charge is 2.38. The van der Waals surface area contributed by atoms with E-state index in [-0.39, 0.29) is 35.7 Å². The number of aromatic nitrogens is 5. The number of amides is 2. The minimum Gasteiger partial charge on any atom is -0.343 e. The van der Waals surface area contributed by atoms with E-state index in [9.17, 15) is 31.5 Å². The molecule has 5 rings (SSSR count). The van der Waals surface area contributed by atoms with Crippen LogP contribution in [0.15, 0.2) is 43.0 Å². The van der Waals surface area contributed by atoms with Gasteiger partial charge in [-0.05, 0) is 30.2 Å². The van der Waals surface area contributed by atoms with Gasteiger partial charge in [-0.15, -0.1) is 0 Å². The summed E-state index contributed by atoms with van der Waals surface area (Å²) in [6, 6.07) is 4.89. The summed E-state index contributed by atoms with van der Waals surface area (Å²) in [5.41, 5.74) is 5.71. The van der Waals surface area contributed by atoms with Crippen molar-refractivity contribution in [3.8, 4) is 11.3 Å². The van der Waals surface area contributed by atoms with Crippen LogP contribution in [0.25, 0.3) is 16.9 Å². The monoisotopic (exact) mass is 591 g/mol. The van der Waals surface area contributed by atoms with E-state index in [1.807, 2.05) is 6.92 Å². The molecule has 16 heteroatoms. The minimum absolute atomic E-state index is 0.0145. The van der Waals surface area contributed by atoms with Crippen molar-refractivity contribution in [1.29, 1.82) is 0 Å². The van der Waals surface area contributed by atoms with Gasteiger partial charge in [-0.25, -0.2) is 18.7 Å². The molecule has 0 radical (unpaired) electrons. The van der Waals surface area contributed by atoms with Crippen molar-refractivity contribution < 1.29 is 31.5 Å². The first-order chi connectivity index (χ1) is 19.9. The predicted molar refractivity (Wildman–Crippen MR) is 141 cm³/mol. The zero-order chi connectivity index (χ0) is 30.2. The maximum Gasteiger partial charge on any atom is 0.435 e. The van der Waals surface area contributed by atoms with E-state index in [2.05, 4.69) is 25.7 Å². The predicted octanol–water partition coefficient (Wildman–Crippen LogP) is 3.08. The number of alkyl halides is 5. The van der Waals surface area contributed by atoms with Crippen LogP contribution in [0.1, 0.15) is 28.5 Å². The Kier molecular flexibility index (Phi) is 7.81. The number of likely N-dealkylation sites (tertiary alicyclic amines) is 1. The number of nitrogens with zero attached hydrogens (tertiary/aromatic N) is 6. The van der Waals surface area contributed by atoms with Crippen molar-refractivity contribution in [1.82, 2.24) is 34.4 Å². The topological polar surface area (TPSA) is 135 Å². The second-order valence-corrected chi connectivity index (χ2v) is 9.71. The lowest BCUT2D eigenvalue weighted by atomic mass is 10.0. The number of hydrogen-bond donors (Lipinski definition) is 3. The average Bonchev–Trinajstić information content (AvgIpc) is 3.54. The standard InChI is InChI=1S/C26H26F5N9O2/c1-2-14-7-16(3-4-17(14)25(42)35-9-21(41)38-10-15(32)11-38)36-23-24-34-8-19(40(24)6-5-33-23)18-12-39(13-20(27)28)37-22(18)26(29,30)31/h3-8,12,15,20H,2,9-11,13,32H2,1H3,(H,33,36)(H,35,42). The molecule has 1 aliphatic heterocycles. The highest BCUT2D eigenvalue weighted by molar-refractivity contribution is 5.98. The van der Waals surface area contributed by atoms with Crippen LogP contribution < -0.4 is 16.4 Å². The van der Waals surface area contributed by atoms with Crippen LogP contribution in [-0.2, 0) is 23.9 Å². The number of nitrogens with two attached hydrogens (primary N) is 1. The van der Waals surface area contributed by atoms with Crippen LogP contribution in [0, 0.1) is 0 Å². The van der Waals surface area contributed by atoms with Crippen molar-refractivity contribution in [2.45, 2.75) is 38.5 Å². The van der Waals surface area contributed by atoms with E-state index < -0.39 is 36.3 Å². The van der Waals surface area contributed by atoms with E-state index in [4.69, 9.17) is 5.73 Å². The molecule has 4 aromatic rings. The van der Waals surface area contributed by atoms with Gasteiger partial charge in [0.2, 0.25) is 5.91 Å². The Balaban J connectivity index is 1.38. The average molecular weight is 592 g/mol. The van der Waals surface area contributed by atoms with E-state index in [1.165, 1.54) is 23.0 Å². The number of rotatable bonds is 9. The fourth-order valence-corrected chi connectivity index (χ4v) is 4.66. The van der Waals surface area contributed by atoms with Crippen LogP contribution in [0.5, 0.6) is 0 Å². The number of imidazole rings is 1. The molecule has 1 saturated heterocycles. The fourth-order valence-electron chi connectivity index (χ4n) is 4.66. The van der Waals surface area contributed by atoms with Gasteiger partial charge in [-0.1, -0.05) is 6.92 Å². The second-order valence-electron chi connectivity index (χ2n) is 9.71. The molecular weight excluding hydrogens is 565 g/mol. The maximum atomic E-state index is 13.7. The lowest BCUT2D eigenvalue weighted by molar-refractivity contribution is -0.141. The van der Waals surface area contributed by atoms with Crippen LogP contribution in [0.2, 0.25) is 0 Å². The fraction of sp³-hybridized carbons (Fsp3) is 0.346. The van der Waals surface area contributed by atoms with Gasteiger partial charge >= 0.3 is 6.18 Å². The van der Waals surface area contributed by atoms with Gasteiger partial charge < -0.3 is 21.3 Å². The summed E-state index contributed by atoms with van der Waals surface area (Å²) in [4.78, 5) is 35.0. The third-order valence-electron chi connectivity index (χ3n) is 6.72. The maximum absolute atomic E-state index is 13.7. The van der Waals surface area contributed by atoms with Crippen molar-refractivity contribution >= 4 is 29.0 Å². The molecule has 0 unspecified atom stereocenters. The van der Waals surface area contributed by atoms with E-state index in [1.54, 1.807) is 23.1 Å². The lowest BCUT2D eigenvalue weighted by Crippen LogP contribution is -2.59. The zero-order valence-corrected chi connectivity index (χ0v) is 22.2. The summed E-state index contributed by atoms with van der Waals surface area (Å²) in [5.74, 6) is -0.430. The van der Waals surface area contributed by atoms with Crippen LogP contribution in [0.3, 0.4) is 0 Å². The third kappa shape index (κ3) is 5.88. The number of fused-ring (bicyclic) bond motifs is 1. The number of nitrogens with one attached hydrogen (secondary N) is 2. The Labute approximate surface area is 235 Å². The molecule has 4 N–H and O–H groups in total. The number of halogens is 5. The Morgan fingerprint density at radius 1 is 1.19 bits per heavy atom. The summed E-state index contributed by atoms with van der Waals surface area (Å²) in [6.45, 7) is 1.62. The van der Waals surface area contributed by atoms with Crippen molar-refractivity contribution in [2.75, 3.05) is 25.0 Å². The summed E-state index contributed by atoms with van der Waals surface area (Å²) >= 11 is 0. The summed E-state index contributed by atoms with van der Waals surface area (Å²) < 4.78 is 68.7. The first-order valence-corrected chi connectivity index (χ1v) is 12.9. The molecule has 0 aliphatic carbocycles. The molecule has 0 bridgehead atoms. The van der Waals surface area contributed by atoms with Gasteiger partial charge in [0.05, 0.1) is 24.0 Å². The number of anilines is 2. The molecule has 4 heterocycles. The van der Waals surface area contributed by atoms with Crippen LogP contribution in [0.4, 0.5) is 33.5 Å². The minimum atomic E-state index is -4.89. The number of benzene rings is 1. The largest absolute Gasteiger partial charge is 0.435 e. The summed E-state index contributed by atoms with van der Waals surface area (Å²) in [7, 11) is 0. The van der Waals surface area contributed by atoms with E-state index in [0.29, 0.717) is 41.0 Å². The van der Waals surface area contributed by atoms with E-state index >= 15 is 0 Å². The SMILES string of the molecule is CCc1cc(Nc2nccn3c(-c4cn(CC(F)F)nc4C(F)(F)F)cnc23)ccc1C(=O)NCC(=O)N1CC(N)C1. The number of hydrogen-bond acceptors (Lipinski definition) is 7. The molecule has 1 aromatic carbocycles. The Hall–Kier alpha value is -4.60. The molecule has 42 heavy (non-hydrogen) atoms. The van der Waals surface area contributed by atoms with E-state index in [0.717, 1.165) is 6.20 Å². The molecule has 1 fully saturated rings. The molecule has 0 atom stereocenters. The van der Waals surface area contributed by atoms with Gasteiger partial charge in [0.25, 0.3) is 12.3 Å². The third-order valence-corrected chi connectivity index (χ3v) is 6.72.